The van der Waals surface area contributed by atoms with Gasteiger partial charge in [-0.25, -0.2) is 8.78 Å². The zero-order valence-corrected chi connectivity index (χ0v) is 10.4. The molecule has 4 heteroatoms. The summed E-state index contributed by atoms with van der Waals surface area (Å²) >= 11 is 0. The van der Waals surface area contributed by atoms with E-state index >= 15 is 0 Å². The monoisotopic (exact) mass is 252 g/mol. The Balaban J connectivity index is 1.96. The number of para-hydroxylation sites is 1. The molecule has 2 aromatic rings. The third-order valence-corrected chi connectivity index (χ3v) is 3.06. The Morgan fingerprint density at radius 3 is 2.89 bits per heavy atom. The van der Waals surface area contributed by atoms with E-state index in [4.69, 9.17) is 0 Å². The van der Waals surface area contributed by atoms with Gasteiger partial charge in [0.25, 0.3) is 0 Å². The number of aromatic amines is 1. The van der Waals surface area contributed by atoms with Crippen LogP contribution in [-0.4, -0.2) is 30.4 Å². The van der Waals surface area contributed by atoms with Gasteiger partial charge in [0.1, 0.15) is 12.8 Å². The van der Waals surface area contributed by atoms with Crippen molar-refractivity contribution < 1.29 is 8.78 Å². The molecule has 0 aliphatic heterocycles. The number of benzene rings is 1. The van der Waals surface area contributed by atoms with E-state index in [0.29, 0.717) is 0 Å². The summed E-state index contributed by atoms with van der Waals surface area (Å²) in [5.41, 5.74) is 2.30. The van der Waals surface area contributed by atoms with Crippen molar-refractivity contribution in [1.82, 2.24) is 10.3 Å². The van der Waals surface area contributed by atoms with E-state index in [1.807, 2.05) is 31.3 Å². The number of aromatic nitrogens is 1. The van der Waals surface area contributed by atoms with Crippen LogP contribution < -0.4 is 5.32 Å². The van der Waals surface area contributed by atoms with Crippen molar-refractivity contribution >= 4 is 10.9 Å². The number of alkyl halides is 2. The van der Waals surface area contributed by atoms with Crippen LogP contribution in [0.1, 0.15) is 12.5 Å². The lowest BCUT2D eigenvalue weighted by molar-refractivity contribution is 0.247. The van der Waals surface area contributed by atoms with E-state index < -0.39 is 12.8 Å². The third-order valence-electron chi connectivity index (χ3n) is 3.06. The normalized spacial score (nSPS) is 14.8. The molecule has 0 aliphatic rings. The minimum Gasteiger partial charge on any atom is -0.361 e. The average molecular weight is 252 g/mol. The molecule has 18 heavy (non-hydrogen) atoms. The fraction of sp³-hybridized carbons (Fsp3) is 0.429. The molecule has 0 spiro atoms. The first-order valence-corrected chi connectivity index (χ1v) is 6.19. The van der Waals surface area contributed by atoms with Crippen LogP contribution in [0.5, 0.6) is 0 Å². The molecule has 1 aromatic carbocycles. The van der Waals surface area contributed by atoms with Crippen molar-refractivity contribution in [1.29, 1.82) is 0 Å². The Kier molecular flexibility index (Phi) is 4.31. The van der Waals surface area contributed by atoms with E-state index in [0.717, 1.165) is 11.9 Å². The molecular weight excluding hydrogens is 234 g/mol. The van der Waals surface area contributed by atoms with Gasteiger partial charge in [-0.05, 0) is 25.0 Å². The Labute approximate surface area is 105 Å². The summed E-state index contributed by atoms with van der Waals surface area (Å²) in [5, 5.41) is 4.20. The standard InChI is InChI=1S/C14H18F2N2/c1-10(17-9-12(16)7-15)6-11-8-18-14-5-3-2-4-13(11)14/h2-5,8,10,12,17-18H,6-7,9H2,1H3/t10-,12?/m1/s1. The van der Waals surface area contributed by atoms with Crippen LogP contribution in [0.4, 0.5) is 8.78 Å². The van der Waals surface area contributed by atoms with Gasteiger partial charge < -0.3 is 10.3 Å². The van der Waals surface area contributed by atoms with Crippen molar-refractivity contribution in [3.05, 3.63) is 36.0 Å². The largest absolute Gasteiger partial charge is 0.361 e. The Morgan fingerprint density at radius 1 is 1.33 bits per heavy atom. The van der Waals surface area contributed by atoms with Crippen LogP contribution in [0.25, 0.3) is 10.9 Å². The second-order valence-corrected chi connectivity index (χ2v) is 4.62. The van der Waals surface area contributed by atoms with Crippen molar-refractivity contribution in [2.24, 2.45) is 0 Å². The summed E-state index contributed by atoms with van der Waals surface area (Å²) in [5.74, 6) is 0. The molecule has 2 atom stereocenters. The number of hydrogen-bond donors (Lipinski definition) is 2. The van der Waals surface area contributed by atoms with Crippen LogP contribution >= 0.6 is 0 Å². The number of halogens is 2. The van der Waals surface area contributed by atoms with Gasteiger partial charge in [-0.1, -0.05) is 18.2 Å². The lowest BCUT2D eigenvalue weighted by Gasteiger charge is -2.14. The molecule has 0 saturated carbocycles. The number of rotatable bonds is 6. The summed E-state index contributed by atoms with van der Waals surface area (Å²) in [4.78, 5) is 3.21. The second kappa shape index (κ2) is 5.96. The highest BCUT2D eigenvalue weighted by Crippen LogP contribution is 2.18. The summed E-state index contributed by atoms with van der Waals surface area (Å²) < 4.78 is 24.8. The Morgan fingerprint density at radius 2 is 2.11 bits per heavy atom. The van der Waals surface area contributed by atoms with E-state index in [2.05, 4.69) is 16.4 Å². The number of hydrogen-bond acceptors (Lipinski definition) is 1. The zero-order chi connectivity index (χ0) is 13.0. The summed E-state index contributed by atoms with van der Waals surface area (Å²) in [6, 6.07) is 8.19. The van der Waals surface area contributed by atoms with E-state index in [1.54, 1.807) is 0 Å². The highest BCUT2D eigenvalue weighted by molar-refractivity contribution is 5.83. The first-order valence-electron chi connectivity index (χ1n) is 6.19. The highest BCUT2D eigenvalue weighted by Gasteiger charge is 2.10. The predicted molar refractivity (Wildman–Crippen MR) is 70.3 cm³/mol. The maximum absolute atomic E-state index is 12.8. The van der Waals surface area contributed by atoms with Crippen LogP contribution in [0.3, 0.4) is 0 Å². The molecule has 2 nitrogen and oxygen atoms in total. The smallest absolute Gasteiger partial charge is 0.141 e. The highest BCUT2D eigenvalue weighted by atomic mass is 19.2. The molecule has 0 radical (unpaired) electrons. The first-order chi connectivity index (χ1) is 8.70. The van der Waals surface area contributed by atoms with Crippen LogP contribution in [0.2, 0.25) is 0 Å². The molecule has 2 N–H and O–H groups in total. The molecule has 1 heterocycles. The minimum absolute atomic E-state index is 0.0695. The maximum atomic E-state index is 12.8. The van der Waals surface area contributed by atoms with Gasteiger partial charge in [0, 0.05) is 29.7 Å². The van der Waals surface area contributed by atoms with Gasteiger partial charge in [0.15, 0.2) is 0 Å². The topological polar surface area (TPSA) is 27.8 Å². The Bertz CT molecular complexity index is 495. The van der Waals surface area contributed by atoms with E-state index in [-0.39, 0.29) is 12.6 Å². The molecule has 98 valence electrons. The number of nitrogens with one attached hydrogen (secondary N) is 2. The van der Waals surface area contributed by atoms with Gasteiger partial charge in [0.05, 0.1) is 0 Å². The van der Waals surface area contributed by atoms with Crippen LogP contribution in [0.15, 0.2) is 30.5 Å². The third kappa shape index (κ3) is 3.07. The lowest BCUT2D eigenvalue weighted by atomic mass is 10.1. The lowest BCUT2D eigenvalue weighted by Crippen LogP contribution is -2.34. The van der Waals surface area contributed by atoms with Gasteiger partial charge in [0.2, 0.25) is 0 Å². The molecule has 0 fully saturated rings. The molecule has 0 aliphatic carbocycles. The first kappa shape index (κ1) is 13.0. The van der Waals surface area contributed by atoms with E-state index in [9.17, 15) is 8.78 Å². The zero-order valence-electron chi connectivity index (χ0n) is 10.4. The summed E-state index contributed by atoms with van der Waals surface area (Å²) in [7, 11) is 0. The molecule has 2 rings (SSSR count). The number of H-pyrrole nitrogens is 1. The molecule has 0 saturated heterocycles. The molecule has 0 amide bonds. The SMILES string of the molecule is C[C@H](Cc1c[nH]c2ccccc12)NCC(F)CF. The van der Waals surface area contributed by atoms with Crippen molar-refractivity contribution in [2.75, 3.05) is 13.2 Å². The molecule has 0 bridgehead atoms. The van der Waals surface area contributed by atoms with Gasteiger partial charge in [-0.2, -0.15) is 0 Å². The van der Waals surface area contributed by atoms with Gasteiger partial charge in [-0.3, -0.25) is 0 Å². The maximum Gasteiger partial charge on any atom is 0.141 e. The van der Waals surface area contributed by atoms with Gasteiger partial charge in [-0.15, -0.1) is 0 Å². The second-order valence-electron chi connectivity index (χ2n) is 4.62. The number of fused-ring (bicyclic) bond motifs is 1. The fourth-order valence-corrected chi connectivity index (χ4v) is 2.09. The molecular formula is C14H18F2N2. The Hall–Kier alpha value is -1.42. The molecule has 1 aromatic heterocycles. The van der Waals surface area contributed by atoms with Crippen molar-refractivity contribution in [3.8, 4) is 0 Å². The van der Waals surface area contributed by atoms with Crippen molar-refractivity contribution in [3.63, 3.8) is 0 Å². The van der Waals surface area contributed by atoms with Gasteiger partial charge >= 0.3 is 0 Å². The quantitative estimate of drug-likeness (QED) is 0.812. The minimum atomic E-state index is -1.41. The fourth-order valence-electron chi connectivity index (χ4n) is 2.09. The predicted octanol–water partition coefficient (Wildman–Crippen LogP) is 3.00. The van der Waals surface area contributed by atoms with E-state index in [1.165, 1.54) is 10.9 Å². The van der Waals surface area contributed by atoms with Crippen LogP contribution in [-0.2, 0) is 6.42 Å². The summed E-state index contributed by atoms with van der Waals surface area (Å²) in [6.07, 6.45) is 1.36. The van der Waals surface area contributed by atoms with Crippen molar-refractivity contribution in [2.45, 2.75) is 25.6 Å². The van der Waals surface area contributed by atoms with Crippen LogP contribution in [0, 0.1) is 0 Å². The summed E-state index contributed by atoms with van der Waals surface area (Å²) in [6.45, 7) is 1.12. The molecule has 1 unspecified atom stereocenters. The average Bonchev–Trinajstić information content (AvgIpc) is 2.79.